The van der Waals surface area contributed by atoms with Crippen molar-refractivity contribution in [2.24, 2.45) is 5.41 Å². The molecular weight excluding hydrogens is 152 g/mol. The SMILES string of the molecule is C[C@@]12CCCC[C@@H]1NC(=O)NC2. The van der Waals surface area contributed by atoms with Crippen LogP contribution in [0, 0.1) is 5.41 Å². The zero-order valence-corrected chi connectivity index (χ0v) is 7.52. The first-order valence-electron chi connectivity index (χ1n) is 4.75. The molecule has 12 heavy (non-hydrogen) atoms. The summed E-state index contributed by atoms with van der Waals surface area (Å²) >= 11 is 0. The molecule has 2 atom stereocenters. The van der Waals surface area contributed by atoms with Crippen molar-refractivity contribution in [1.29, 1.82) is 0 Å². The molecule has 2 fully saturated rings. The van der Waals surface area contributed by atoms with E-state index in [1.165, 1.54) is 19.3 Å². The van der Waals surface area contributed by atoms with E-state index in [9.17, 15) is 4.79 Å². The molecule has 0 aromatic carbocycles. The van der Waals surface area contributed by atoms with Gasteiger partial charge in [-0.05, 0) is 12.8 Å². The maximum absolute atomic E-state index is 11.0. The number of amides is 2. The predicted octanol–water partition coefficient (Wildman–Crippen LogP) is 1.25. The van der Waals surface area contributed by atoms with Gasteiger partial charge < -0.3 is 10.6 Å². The Morgan fingerprint density at radius 2 is 2.33 bits per heavy atom. The predicted molar refractivity (Wildman–Crippen MR) is 46.9 cm³/mol. The van der Waals surface area contributed by atoms with E-state index in [0.717, 1.165) is 13.0 Å². The third-order valence-electron chi connectivity index (χ3n) is 3.29. The highest BCUT2D eigenvalue weighted by molar-refractivity contribution is 5.75. The fourth-order valence-corrected chi connectivity index (χ4v) is 2.35. The van der Waals surface area contributed by atoms with Crippen LogP contribution in [0.2, 0.25) is 0 Å². The summed E-state index contributed by atoms with van der Waals surface area (Å²) in [7, 11) is 0. The van der Waals surface area contributed by atoms with Crippen LogP contribution in [0.1, 0.15) is 32.6 Å². The standard InChI is InChI=1S/C9H16N2O/c1-9-5-3-2-4-7(9)11-8(12)10-6-9/h7H,2-6H2,1H3,(H2,10,11,12)/t7-,9-/m0/s1. The fourth-order valence-electron chi connectivity index (χ4n) is 2.35. The zero-order valence-electron chi connectivity index (χ0n) is 7.52. The molecule has 2 amide bonds. The van der Waals surface area contributed by atoms with Gasteiger partial charge in [0.1, 0.15) is 0 Å². The normalized spacial score (nSPS) is 41.1. The van der Waals surface area contributed by atoms with Gasteiger partial charge >= 0.3 is 6.03 Å². The Hall–Kier alpha value is -0.730. The quantitative estimate of drug-likeness (QED) is 0.561. The van der Waals surface area contributed by atoms with Gasteiger partial charge in [0.15, 0.2) is 0 Å². The Kier molecular flexibility index (Phi) is 1.74. The molecule has 2 rings (SSSR count). The molecule has 0 bridgehead atoms. The van der Waals surface area contributed by atoms with Gasteiger partial charge in [-0.2, -0.15) is 0 Å². The van der Waals surface area contributed by atoms with E-state index >= 15 is 0 Å². The molecule has 3 heteroatoms. The molecule has 0 spiro atoms. The van der Waals surface area contributed by atoms with Crippen LogP contribution in [-0.4, -0.2) is 18.6 Å². The van der Waals surface area contributed by atoms with Gasteiger partial charge in [-0.15, -0.1) is 0 Å². The minimum absolute atomic E-state index is 0.0133. The van der Waals surface area contributed by atoms with Crippen molar-refractivity contribution in [3.63, 3.8) is 0 Å². The van der Waals surface area contributed by atoms with Crippen molar-refractivity contribution in [2.45, 2.75) is 38.6 Å². The first-order chi connectivity index (χ1) is 5.71. The smallest absolute Gasteiger partial charge is 0.315 e. The van der Waals surface area contributed by atoms with Crippen LogP contribution in [0.3, 0.4) is 0 Å². The largest absolute Gasteiger partial charge is 0.338 e. The van der Waals surface area contributed by atoms with E-state index in [-0.39, 0.29) is 6.03 Å². The lowest BCUT2D eigenvalue weighted by molar-refractivity contribution is 0.122. The Bertz CT molecular complexity index is 205. The number of nitrogens with one attached hydrogen (secondary N) is 2. The molecule has 0 unspecified atom stereocenters. The van der Waals surface area contributed by atoms with E-state index in [1.807, 2.05) is 0 Å². The summed E-state index contributed by atoms with van der Waals surface area (Å²) in [5.74, 6) is 0. The minimum Gasteiger partial charge on any atom is -0.338 e. The van der Waals surface area contributed by atoms with Gasteiger partial charge in [0, 0.05) is 18.0 Å². The van der Waals surface area contributed by atoms with Crippen molar-refractivity contribution in [1.82, 2.24) is 10.6 Å². The minimum atomic E-state index is 0.0133. The lowest BCUT2D eigenvalue weighted by Gasteiger charge is -2.45. The van der Waals surface area contributed by atoms with Crippen LogP contribution in [0.4, 0.5) is 4.79 Å². The number of urea groups is 1. The van der Waals surface area contributed by atoms with Crippen LogP contribution in [-0.2, 0) is 0 Å². The molecule has 1 saturated carbocycles. The van der Waals surface area contributed by atoms with E-state index in [4.69, 9.17) is 0 Å². The van der Waals surface area contributed by atoms with E-state index < -0.39 is 0 Å². The molecule has 1 heterocycles. The van der Waals surface area contributed by atoms with Crippen molar-refractivity contribution in [2.75, 3.05) is 6.54 Å². The van der Waals surface area contributed by atoms with E-state index in [1.54, 1.807) is 0 Å². The number of carbonyl (C=O) groups excluding carboxylic acids is 1. The summed E-state index contributed by atoms with van der Waals surface area (Å²) in [6.07, 6.45) is 4.97. The Labute approximate surface area is 72.9 Å². The second-order valence-corrected chi connectivity index (χ2v) is 4.28. The van der Waals surface area contributed by atoms with E-state index in [2.05, 4.69) is 17.6 Å². The number of hydrogen-bond donors (Lipinski definition) is 2. The number of fused-ring (bicyclic) bond motifs is 1. The van der Waals surface area contributed by atoms with Crippen molar-refractivity contribution in [3.8, 4) is 0 Å². The second kappa shape index (κ2) is 2.64. The van der Waals surface area contributed by atoms with Crippen LogP contribution >= 0.6 is 0 Å². The van der Waals surface area contributed by atoms with Gasteiger partial charge in [-0.1, -0.05) is 19.8 Å². The summed E-state index contributed by atoms with van der Waals surface area (Å²) in [5, 5.41) is 5.88. The maximum atomic E-state index is 11.0. The van der Waals surface area contributed by atoms with Gasteiger partial charge in [-0.3, -0.25) is 0 Å². The second-order valence-electron chi connectivity index (χ2n) is 4.28. The van der Waals surface area contributed by atoms with Crippen LogP contribution < -0.4 is 10.6 Å². The number of carbonyl (C=O) groups is 1. The first-order valence-corrected chi connectivity index (χ1v) is 4.75. The Morgan fingerprint density at radius 1 is 1.50 bits per heavy atom. The van der Waals surface area contributed by atoms with E-state index in [0.29, 0.717) is 11.5 Å². The molecule has 0 radical (unpaired) electrons. The summed E-state index contributed by atoms with van der Waals surface area (Å²) < 4.78 is 0. The summed E-state index contributed by atoms with van der Waals surface area (Å²) in [4.78, 5) is 11.0. The molecule has 0 aromatic rings. The Balaban J connectivity index is 2.11. The highest BCUT2D eigenvalue weighted by Crippen LogP contribution is 2.36. The van der Waals surface area contributed by atoms with Crippen molar-refractivity contribution < 1.29 is 4.79 Å². The molecule has 2 N–H and O–H groups in total. The van der Waals surface area contributed by atoms with Gasteiger partial charge in [0.25, 0.3) is 0 Å². The lowest BCUT2D eigenvalue weighted by Crippen LogP contribution is -2.61. The van der Waals surface area contributed by atoms with Crippen LogP contribution in [0.5, 0.6) is 0 Å². The van der Waals surface area contributed by atoms with Crippen LogP contribution in [0.25, 0.3) is 0 Å². The zero-order chi connectivity index (χ0) is 8.60. The Morgan fingerprint density at radius 3 is 3.17 bits per heavy atom. The van der Waals surface area contributed by atoms with Crippen LogP contribution in [0.15, 0.2) is 0 Å². The number of hydrogen-bond acceptors (Lipinski definition) is 1. The van der Waals surface area contributed by atoms with Gasteiger partial charge in [0.05, 0.1) is 0 Å². The van der Waals surface area contributed by atoms with Crippen molar-refractivity contribution in [3.05, 3.63) is 0 Å². The number of rotatable bonds is 0. The summed E-state index contributed by atoms with van der Waals surface area (Å²) in [6.45, 7) is 3.12. The highest BCUT2D eigenvalue weighted by Gasteiger charge is 2.40. The molecule has 68 valence electrons. The molecule has 1 aliphatic carbocycles. The van der Waals surface area contributed by atoms with Crippen molar-refractivity contribution >= 4 is 6.03 Å². The molecule has 3 nitrogen and oxygen atoms in total. The summed E-state index contributed by atoms with van der Waals surface area (Å²) in [5.41, 5.74) is 0.312. The maximum Gasteiger partial charge on any atom is 0.315 e. The first kappa shape index (κ1) is 7.90. The molecule has 1 aliphatic heterocycles. The third-order valence-corrected chi connectivity index (χ3v) is 3.29. The fraction of sp³-hybridized carbons (Fsp3) is 0.889. The molecule has 1 saturated heterocycles. The highest BCUT2D eigenvalue weighted by atomic mass is 16.2. The average molecular weight is 168 g/mol. The van der Waals surface area contributed by atoms with Gasteiger partial charge in [0.2, 0.25) is 0 Å². The average Bonchev–Trinajstić information content (AvgIpc) is 2.06. The molecular formula is C9H16N2O. The summed E-state index contributed by atoms with van der Waals surface area (Å²) in [6, 6.07) is 0.430. The lowest BCUT2D eigenvalue weighted by atomic mass is 9.71. The topological polar surface area (TPSA) is 41.1 Å². The molecule has 0 aromatic heterocycles. The molecule has 2 aliphatic rings. The third kappa shape index (κ3) is 1.17. The van der Waals surface area contributed by atoms with Gasteiger partial charge in [-0.25, -0.2) is 4.79 Å². The monoisotopic (exact) mass is 168 g/mol.